The maximum atomic E-state index is 6.78. The van der Waals surface area contributed by atoms with Crippen molar-refractivity contribution in [3.63, 3.8) is 0 Å². The molecule has 0 aliphatic carbocycles. The Bertz CT molecular complexity index is 1980. The molecule has 5 aromatic carbocycles. The van der Waals surface area contributed by atoms with Gasteiger partial charge >= 0.3 is 0 Å². The summed E-state index contributed by atoms with van der Waals surface area (Å²) in [5.74, 6) is 3.44. The van der Waals surface area contributed by atoms with Crippen LogP contribution in [0.3, 0.4) is 0 Å². The second-order valence-electron chi connectivity index (χ2n) is 10.8. The fourth-order valence-corrected chi connectivity index (χ4v) is 7.05. The minimum Gasteiger partial charge on any atom is -0.455 e. The number of pyridine rings is 1. The summed E-state index contributed by atoms with van der Waals surface area (Å²) < 4.78 is 13.2. The maximum Gasteiger partial charge on any atom is 0.155 e. The molecule has 0 fully saturated rings. The number of hydrogen-bond acceptors (Lipinski definition) is 5. The highest BCUT2D eigenvalue weighted by Gasteiger charge is 2.37. The smallest absolute Gasteiger partial charge is 0.155 e. The number of benzene rings is 5. The van der Waals surface area contributed by atoms with Gasteiger partial charge in [-0.2, -0.15) is 0 Å². The summed E-state index contributed by atoms with van der Waals surface area (Å²) in [5.41, 5.74) is 5.94. The Morgan fingerprint density at radius 1 is 0.610 bits per heavy atom. The van der Waals surface area contributed by atoms with Gasteiger partial charge in [0.25, 0.3) is 0 Å². The molecule has 2 aliphatic heterocycles. The molecule has 0 saturated carbocycles. The molecular weight excluding hydrogens is 524 g/mol. The van der Waals surface area contributed by atoms with Crippen molar-refractivity contribution in [1.82, 2.24) is 4.98 Å². The van der Waals surface area contributed by atoms with Crippen molar-refractivity contribution in [3.05, 3.63) is 133 Å². The van der Waals surface area contributed by atoms with Crippen LogP contribution in [0.15, 0.2) is 131 Å². The van der Waals surface area contributed by atoms with Gasteiger partial charge in [0.05, 0.1) is 32.4 Å². The SMILES string of the molecule is CC1(C)c2ccccc2Oc2c(N(c3cccc4c3Sc3ccccc3O4)c3cccc4cccnc34)cccc21. The number of aromatic nitrogens is 1. The summed E-state index contributed by atoms with van der Waals surface area (Å²) in [4.78, 5) is 9.29. The number of rotatable bonds is 3. The molecule has 0 saturated heterocycles. The molecular formula is C36H26N2O2S. The standard InChI is InChI=1S/C36H26N2O2S/c1-36(2)24-13-3-4-18-29(24)40-34-25(36)14-8-16-27(34)38(26-15-7-11-23-12-10-22-37-33(23)26)28-17-9-20-31-35(28)41-32-21-6-5-19-30(32)39-31/h3-22H,1-2H3. The van der Waals surface area contributed by atoms with Gasteiger partial charge in [-0.05, 0) is 48.5 Å². The van der Waals surface area contributed by atoms with Crippen LogP contribution in [0, 0.1) is 0 Å². The topological polar surface area (TPSA) is 34.6 Å². The van der Waals surface area contributed by atoms with Gasteiger partial charge in [0, 0.05) is 28.1 Å². The molecule has 2 aliphatic rings. The predicted molar refractivity (Wildman–Crippen MR) is 166 cm³/mol. The van der Waals surface area contributed by atoms with E-state index in [0.29, 0.717) is 0 Å². The van der Waals surface area contributed by atoms with E-state index >= 15 is 0 Å². The molecule has 0 unspecified atom stereocenters. The monoisotopic (exact) mass is 550 g/mol. The lowest BCUT2D eigenvalue weighted by molar-refractivity contribution is 0.419. The molecule has 0 spiro atoms. The van der Waals surface area contributed by atoms with Crippen LogP contribution in [-0.2, 0) is 5.41 Å². The number of para-hydroxylation sites is 4. The van der Waals surface area contributed by atoms with Crippen molar-refractivity contribution >= 4 is 39.7 Å². The first kappa shape index (κ1) is 24.1. The Kier molecular flexibility index (Phi) is 5.38. The molecule has 0 bridgehead atoms. The minimum absolute atomic E-state index is 0.240. The highest BCUT2D eigenvalue weighted by molar-refractivity contribution is 7.99. The van der Waals surface area contributed by atoms with Crippen molar-refractivity contribution in [1.29, 1.82) is 0 Å². The quantitative estimate of drug-likeness (QED) is 0.219. The third-order valence-electron chi connectivity index (χ3n) is 8.01. The van der Waals surface area contributed by atoms with Gasteiger partial charge in [0.1, 0.15) is 17.2 Å². The summed E-state index contributed by atoms with van der Waals surface area (Å²) in [6.07, 6.45) is 1.86. The number of anilines is 3. The molecule has 198 valence electrons. The van der Waals surface area contributed by atoms with Gasteiger partial charge in [-0.15, -0.1) is 0 Å². The summed E-state index contributed by atoms with van der Waals surface area (Å²) in [6.45, 7) is 4.54. The second-order valence-corrected chi connectivity index (χ2v) is 11.9. The maximum absolute atomic E-state index is 6.78. The van der Waals surface area contributed by atoms with Gasteiger partial charge in [-0.25, -0.2) is 0 Å². The summed E-state index contributed by atoms with van der Waals surface area (Å²) >= 11 is 1.73. The van der Waals surface area contributed by atoms with E-state index in [-0.39, 0.29) is 5.41 Å². The van der Waals surface area contributed by atoms with Crippen LogP contribution in [-0.4, -0.2) is 4.98 Å². The van der Waals surface area contributed by atoms with E-state index < -0.39 is 0 Å². The zero-order valence-corrected chi connectivity index (χ0v) is 23.5. The first-order valence-corrected chi connectivity index (χ1v) is 14.5. The summed E-state index contributed by atoms with van der Waals surface area (Å²) in [6, 6.07) is 39.7. The van der Waals surface area contributed by atoms with Gasteiger partial charge in [0.15, 0.2) is 5.75 Å². The van der Waals surface area contributed by atoms with Gasteiger partial charge in [-0.3, -0.25) is 4.98 Å². The molecule has 1 aromatic heterocycles. The van der Waals surface area contributed by atoms with Crippen molar-refractivity contribution < 1.29 is 9.47 Å². The molecule has 6 aromatic rings. The van der Waals surface area contributed by atoms with Crippen molar-refractivity contribution in [2.75, 3.05) is 4.90 Å². The molecule has 0 radical (unpaired) electrons. The first-order valence-electron chi connectivity index (χ1n) is 13.7. The second kappa shape index (κ2) is 9.15. The van der Waals surface area contributed by atoms with E-state index in [1.807, 2.05) is 36.5 Å². The highest BCUT2D eigenvalue weighted by Crippen LogP contribution is 2.57. The fourth-order valence-electron chi connectivity index (χ4n) is 6.00. The van der Waals surface area contributed by atoms with E-state index in [9.17, 15) is 0 Å². The van der Waals surface area contributed by atoms with Crippen molar-refractivity contribution in [3.8, 4) is 23.0 Å². The lowest BCUT2D eigenvalue weighted by Crippen LogP contribution is -2.25. The Labute approximate surface area is 243 Å². The lowest BCUT2D eigenvalue weighted by Gasteiger charge is -2.38. The zero-order chi connectivity index (χ0) is 27.6. The van der Waals surface area contributed by atoms with Crippen LogP contribution >= 0.6 is 11.8 Å². The highest BCUT2D eigenvalue weighted by atomic mass is 32.2. The van der Waals surface area contributed by atoms with E-state index in [0.717, 1.165) is 66.3 Å². The first-order chi connectivity index (χ1) is 20.1. The number of hydrogen-bond donors (Lipinski definition) is 0. The Morgan fingerprint density at radius 2 is 1.29 bits per heavy atom. The van der Waals surface area contributed by atoms with Gasteiger partial charge in [-0.1, -0.05) is 92.3 Å². The Hall–Kier alpha value is -4.74. The molecule has 3 heterocycles. The number of fused-ring (bicyclic) bond motifs is 5. The minimum atomic E-state index is -0.240. The van der Waals surface area contributed by atoms with Crippen LogP contribution in [0.5, 0.6) is 23.0 Å². The van der Waals surface area contributed by atoms with Crippen LogP contribution in [0.1, 0.15) is 25.0 Å². The number of nitrogens with zero attached hydrogens (tertiary/aromatic N) is 2. The lowest BCUT2D eigenvalue weighted by atomic mass is 9.75. The average Bonchev–Trinajstić information content (AvgIpc) is 3.01. The van der Waals surface area contributed by atoms with Gasteiger partial charge < -0.3 is 14.4 Å². The molecule has 8 rings (SSSR count). The van der Waals surface area contributed by atoms with E-state index in [1.165, 1.54) is 5.56 Å². The third kappa shape index (κ3) is 3.73. The molecule has 0 atom stereocenters. The van der Waals surface area contributed by atoms with Gasteiger partial charge in [0.2, 0.25) is 0 Å². The molecule has 4 nitrogen and oxygen atoms in total. The van der Waals surface area contributed by atoms with E-state index in [4.69, 9.17) is 14.5 Å². The molecule has 41 heavy (non-hydrogen) atoms. The van der Waals surface area contributed by atoms with E-state index in [1.54, 1.807) is 11.8 Å². The predicted octanol–water partition coefficient (Wildman–Crippen LogP) is 10.4. The normalized spacial score (nSPS) is 14.1. The third-order valence-corrected chi connectivity index (χ3v) is 9.18. The van der Waals surface area contributed by atoms with Crippen LogP contribution in [0.2, 0.25) is 0 Å². The fraction of sp³-hybridized carbons (Fsp3) is 0.0833. The average molecular weight is 551 g/mol. The molecule has 0 amide bonds. The molecule has 5 heteroatoms. The molecule has 0 N–H and O–H groups in total. The number of ether oxygens (including phenoxy) is 2. The van der Waals surface area contributed by atoms with Crippen molar-refractivity contribution in [2.45, 2.75) is 29.1 Å². The van der Waals surface area contributed by atoms with Crippen LogP contribution in [0.4, 0.5) is 17.1 Å². The Balaban J connectivity index is 1.41. The Morgan fingerprint density at radius 3 is 2.22 bits per heavy atom. The zero-order valence-electron chi connectivity index (χ0n) is 22.7. The largest absolute Gasteiger partial charge is 0.455 e. The van der Waals surface area contributed by atoms with Crippen LogP contribution in [0.25, 0.3) is 10.9 Å². The van der Waals surface area contributed by atoms with Crippen LogP contribution < -0.4 is 14.4 Å². The summed E-state index contributed by atoms with van der Waals surface area (Å²) in [7, 11) is 0. The summed E-state index contributed by atoms with van der Waals surface area (Å²) in [5, 5.41) is 1.07. The van der Waals surface area contributed by atoms with E-state index in [2.05, 4.69) is 104 Å². The van der Waals surface area contributed by atoms with Crippen molar-refractivity contribution in [2.24, 2.45) is 0 Å².